The molecule has 1 amide bonds. The van der Waals surface area contributed by atoms with E-state index in [0.717, 1.165) is 25.9 Å². The zero-order valence-corrected chi connectivity index (χ0v) is 9.97. The van der Waals surface area contributed by atoms with E-state index in [1.54, 1.807) is 23.1 Å². The molecule has 92 valence electrons. The summed E-state index contributed by atoms with van der Waals surface area (Å²) in [5.41, 5.74) is 0.765. The molecule has 1 N–H and O–H groups in total. The Morgan fingerprint density at radius 2 is 2.11 bits per heavy atom. The summed E-state index contributed by atoms with van der Waals surface area (Å²) < 4.78 is 0. The van der Waals surface area contributed by atoms with Crippen molar-refractivity contribution in [3.63, 3.8) is 0 Å². The Kier molecular flexibility index (Phi) is 3.63. The van der Waals surface area contributed by atoms with Gasteiger partial charge in [0.2, 0.25) is 0 Å². The number of phenols is 1. The van der Waals surface area contributed by atoms with E-state index in [9.17, 15) is 9.90 Å². The Hall–Kier alpha value is -2.28. The minimum absolute atomic E-state index is 0.113. The Labute approximate surface area is 106 Å². The van der Waals surface area contributed by atoms with Crippen molar-refractivity contribution < 1.29 is 9.90 Å². The van der Waals surface area contributed by atoms with Crippen LogP contribution in [0.1, 0.15) is 18.4 Å². The fourth-order valence-corrected chi connectivity index (χ4v) is 2.01. The van der Waals surface area contributed by atoms with Gasteiger partial charge in [0.05, 0.1) is 0 Å². The third kappa shape index (κ3) is 2.69. The lowest BCUT2D eigenvalue weighted by Gasteiger charge is -2.14. The zero-order valence-electron chi connectivity index (χ0n) is 9.97. The van der Waals surface area contributed by atoms with Crippen molar-refractivity contribution in [2.75, 3.05) is 13.1 Å². The lowest BCUT2D eigenvalue weighted by molar-refractivity contribution is -0.125. The first kappa shape index (κ1) is 12.2. The summed E-state index contributed by atoms with van der Waals surface area (Å²) in [4.78, 5) is 13.7. The smallest absolute Gasteiger partial charge is 0.264 e. The molecule has 2 rings (SSSR count). The van der Waals surface area contributed by atoms with Crippen LogP contribution in [0.2, 0.25) is 0 Å². The van der Waals surface area contributed by atoms with Crippen molar-refractivity contribution in [2.45, 2.75) is 12.8 Å². The van der Waals surface area contributed by atoms with Crippen LogP contribution in [0, 0.1) is 11.3 Å². The standard InChI is InChI=1S/C14H14N2O2/c15-10-12(14(18)16-6-1-2-7-16)8-11-4-3-5-13(17)9-11/h3-5,8-9,17H,1-2,6-7H2/b12-8+. The highest BCUT2D eigenvalue weighted by Gasteiger charge is 2.21. The van der Waals surface area contributed by atoms with Crippen LogP contribution in [-0.4, -0.2) is 29.0 Å². The van der Waals surface area contributed by atoms with Crippen molar-refractivity contribution >= 4 is 12.0 Å². The van der Waals surface area contributed by atoms with Crippen molar-refractivity contribution in [3.8, 4) is 11.8 Å². The maximum absolute atomic E-state index is 12.0. The van der Waals surface area contributed by atoms with Gasteiger partial charge in [0.1, 0.15) is 17.4 Å². The third-order valence-electron chi connectivity index (χ3n) is 2.93. The predicted octanol–water partition coefficient (Wildman–Crippen LogP) is 1.92. The predicted molar refractivity (Wildman–Crippen MR) is 67.5 cm³/mol. The number of nitriles is 1. The van der Waals surface area contributed by atoms with Gasteiger partial charge in [-0.05, 0) is 36.6 Å². The minimum atomic E-state index is -0.224. The Morgan fingerprint density at radius 3 is 2.72 bits per heavy atom. The number of hydrogen-bond acceptors (Lipinski definition) is 3. The van der Waals surface area contributed by atoms with Crippen molar-refractivity contribution in [2.24, 2.45) is 0 Å². The second kappa shape index (κ2) is 5.37. The summed E-state index contributed by atoms with van der Waals surface area (Å²) in [6, 6.07) is 8.43. The summed E-state index contributed by atoms with van der Waals surface area (Å²) in [6.07, 6.45) is 3.51. The van der Waals surface area contributed by atoms with Crippen LogP contribution in [-0.2, 0) is 4.79 Å². The first-order chi connectivity index (χ1) is 8.70. The molecule has 1 saturated heterocycles. The molecule has 1 aromatic rings. The van der Waals surface area contributed by atoms with E-state index in [4.69, 9.17) is 5.26 Å². The minimum Gasteiger partial charge on any atom is -0.508 e. The van der Waals surface area contributed by atoms with Crippen LogP contribution < -0.4 is 0 Å². The number of nitrogens with zero attached hydrogens (tertiary/aromatic N) is 2. The normalized spacial score (nSPS) is 15.5. The molecular weight excluding hydrogens is 228 g/mol. The fourth-order valence-electron chi connectivity index (χ4n) is 2.01. The zero-order chi connectivity index (χ0) is 13.0. The van der Waals surface area contributed by atoms with Gasteiger partial charge in [0.15, 0.2) is 0 Å². The SMILES string of the molecule is N#C/C(=C\c1cccc(O)c1)C(=O)N1CCCC1. The highest BCUT2D eigenvalue weighted by Crippen LogP contribution is 2.16. The molecule has 0 aromatic heterocycles. The van der Waals surface area contributed by atoms with E-state index in [-0.39, 0.29) is 17.2 Å². The number of aromatic hydroxyl groups is 1. The third-order valence-corrected chi connectivity index (χ3v) is 2.93. The Morgan fingerprint density at radius 1 is 1.39 bits per heavy atom. The number of likely N-dealkylation sites (tertiary alicyclic amines) is 1. The molecule has 18 heavy (non-hydrogen) atoms. The van der Waals surface area contributed by atoms with Gasteiger partial charge in [-0.1, -0.05) is 12.1 Å². The van der Waals surface area contributed by atoms with Crippen LogP contribution in [0.3, 0.4) is 0 Å². The highest BCUT2D eigenvalue weighted by atomic mass is 16.3. The fraction of sp³-hybridized carbons (Fsp3) is 0.286. The number of rotatable bonds is 2. The van der Waals surface area contributed by atoms with E-state index < -0.39 is 0 Å². The van der Waals surface area contributed by atoms with E-state index in [1.165, 1.54) is 12.1 Å². The molecule has 1 heterocycles. The number of hydrogen-bond donors (Lipinski definition) is 1. The van der Waals surface area contributed by atoms with Crippen LogP contribution >= 0.6 is 0 Å². The van der Waals surface area contributed by atoms with E-state index >= 15 is 0 Å². The summed E-state index contributed by atoms with van der Waals surface area (Å²) >= 11 is 0. The maximum atomic E-state index is 12.0. The van der Waals surface area contributed by atoms with Crippen molar-refractivity contribution in [1.29, 1.82) is 5.26 Å². The molecule has 0 atom stereocenters. The Balaban J connectivity index is 2.23. The molecule has 0 spiro atoms. The number of amides is 1. The topological polar surface area (TPSA) is 64.3 Å². The van der Waals surface area contributed by atoms with Gasteiger partial charge in [0.25, 0.3) is 5.91 Å². The van der Waals surface area contributed by atoms with Gasteiger partial charge < -0.3 is 10.0 Å². The van der Waals surface area contributed by atoms with Gasteiger partial charge in [-0.25, -0.2) is 0 Å². The number of carbonyl (C=O) groups is 1. The molecule has 0 unspecified atom stereocenters. The molecule has 1 aromatic carbocycles. The number of benzene rings is 1. The first-order valence-electron chi connectivity index (χ1n) is 5.91. The molecule has 0 aliphatic carbocycles. The molecule has 1 fully saturated rings. The van der Waals surface area contributed by atoms with Crippen molar-refractivity contribution in [3.05, 3.63) is 35.4 Å². The molecule has 0 radical (unpaired) electrons. The van der Waals surface area contributed by atoms with E-state index in [0.29, 0.717) is 5.56 Å². The molecule has 1 aliphatic heterocycles. The summed E-state index contributed by atoms with van der Waals surface area (Å²) in [5, 5.41) is 18.4. The van der Waals surface area contributed by atoms with Crippen LogP contribution in [0.5, 0.6) is 5.75 Å². The van der Waals surface area contributed by atoms with Crippen LogP contribution in [0.4, 0.5) is 0 Å². The lowest BCUT2D eigenvalue weighted by Crippen LogP contribution is -2.28. The summed E-state index contributed by atoms with van der Waals surface area (Å²) in [6.45, 7) is 1.44. The first-order valence-corrected chi connectivity index (χ1v) is 5.91. The summed E-state index contributed by atoms with van der Waals surface area (Å²) in [7, 11) is 0. The maximum Gasteiger partial charge on any atom is 0.264 e. The number of carbonyl (C=O) groups excluding carboxylic acids is 1. The average molecular weight is 242 g/mol. The largest absolute Gasteiger partial charge is 0.508 e. The van der Waals surface area contributed by atoms with Gasteiger partial charge >= 0.3 is 0 Å². The molecule has 0 bridgehead atoms. The monoisotopic (exact) mass is 242 g/mol. The molecule has 4 nitrogen and oxygen atoms in total. The molecule has 0 saturated carbocycles. The van der Waals surface area contributed by atoms with E-state index in [1.807, 2.05) is 6.07 Å². The van der Waals surface area contributed by atoms with Crippen LogP contribution in [0.25, 0.3) is 6.08 Å². The van der Waals surface area contributed by atoms with Gasteiger partial charge in [0, 0.05) is 13.1 Å². The van der Waals surface area contributed by atoms with E-state index in [2.05, 4.69) is 0 Å². The lowest BCUT2D eigenvalue weighted by atomic mass is 10.1. The van der Waals surface area contributed by atoms with Gasteiger partial charge in [-0.2, -0.15) is 5.26 Å². The second-order valence-electron chi connectivity index (χ2n) is 4.26. The van der Waals surface area contributed by atoms with Gasteiger partial charge in [-0.15, -0.1) is 0 Å². The second-order valence-corrected chi connectivity index (χ2v) is 4.26. The van der Waals surface area contributed by atoms with Gasteiger partial charge in [-0.3, -0.25) is 4.79 Å². The average Bonchev–Trinajstić information content (AvgIpc) is 2.89. The molecule has 4 heteroatoms. The quantitative estimate of drug-likeness (QED) is 0.636. The Bertz CT molecular complexity index is 523. The molecule has 1 aliphatic rings. The summed E-state index contributed by atoms with van der Waals surface area (Å²) in [5.74, 6) is -0.104. The number of phenolic OH excluding ortho intramolecular Hbond substituents is 1. The molecular formula is C14H14N2O2. The van der Waals surface area contributed by atoms with Crippen LogP contribution in [0.15, 0.2) is 29.8 Å². The van der Waals surface area contributed by atoms with Crippen molar-refractivity contribution in [1.82, 2.24) is 4.90 Å². The highest BCUT2D eigenvalue weighted by molar-refractivity contribution is 6.01.